The molecule has 106 valence electrons. The summed E-state index contributed by atoms with van der Waals surface area (Å²) in [5.74, 6) is 0.374. The van der Waals surface area contributed by atoms with Crippen molar-refractivity contribution in [2.45, 2.75) is 24.8 Å². The molecule has 1 rings (SSSR count). The van der Waals surface area contributed by atoms with Crippen LogP contribution in [-0.2, 0) is 13.3 Å². The highest BCUT2D eigenvalue weighted by Crippen LogP contribution is 2.25. The molecule has 0 saturated heterocycles. The molecule has 1 atom stereocenters. The van der Waals surface area contributed by atoms with Crippen LogP contribution in [0.15, 0.2) is 43.0 Å². The lowest BCUT2D eigenvalue weighted by Crippen LogP contribution is -2.42. The molecule has 0 aliphatic rings. The number of allylic oxidation sites excluding steroid dienone is 1. The summed E-state index contributed by atoms with van der Waals surface area (Å²) in [7, 11) is 2.53. The first kappa shape index (κ1) is 16.1. The van der Waals surface area contributed by atoms with E-state index in [4.69, 9.17) is 13.3 Å². The summed E-state index contributed by atoms with van der Waals surface area (Å²) in [6.45, 7) is 3.93. The van der Waals surface area contributed by atoms with Gasteiger partial charge in [-0.25, -0.2) is 0 Å². The second-order valence-electron chi connectivity index (χ2n) is 4.44. The molecule has 0 bridgehead atoms. The van der Waals surface area contributed by atoms with E-state index < -0.39 is 8.80 Å². The van der Waals surface area contributed by atoms with Crippen LogP contribution >= 0.6 is 0 Å². The Hall–Kier alpha value is -0.943. The van der Waals surface area contributed by atoms with Gasteiger partial charge in [-0.1, -0.05) is 36.4 Å². The Morgan fingerprint density at radius 2 is 1.68 bits per heavy atom. The highest BCUT2D eigenvalue weighted by atomic mass is 28.4. The molecular formula is C15H24O3Si. The molecule has 0 aliphatic heterocycles. The lowest BCUT2D eigenvalue weighted by molar-refractivity contribution is 0.122. The van der Waals surface area contributed by atoms with E-state index >= 15 is 0 Å². The van der Waals surface area contributed by atoms with E-state index in [-0.39, 0.29) is 0 Å². The van der Waals surface area contributed by atoms with Crippen LogP contribution in [0.3, 0.4) is 0 Å². The Balaban J connectivity index is 2.53. The van der Waals surface area contributed by atoms with E-state index in [0.717, 1.165) is 18.9 Å². The molecule has 0 radical (unpaired) electrons. The normalized spacial score (nSPS) is 13.2. The summed E-state index contributed by atoms with van der Waals surface area (Å²) in [4.78, 5) is 0. The van der Waals surface area contributed by atoms with E-state index in [9.17, 15) is 0 Å². The molecule has 0 spiro atoms. The van der Waals surface area contributed by atoms with Gasteiger partial charge >= 0.3 is 8.80 Å². The van der Waals surface area contributed by atoms with Crippen molar-refractivity contribution >= 4 is 8.80 Å². The SMILES string of the molecule is C=CC(CCC[Si](OC)(OC)OC)c1ccccc1. The number of rotatable bonds is 9. The first-order valence-electron chi connectivity index (χ1n) is 6.54. The quantitative estimate of drug-likeness (QED) is 0.511. The third-order valence-electron chi connectivity index (χ3n) is 3.44. The molecule has 3 nitrogen and oxygen atoms in total. The van der Waals surface area contributed by atoms with Crippen LogP contribution in [0.25, 0.3) is 0 Å². The Bertz CT molecular complexity index is 355. The molecule has 0 fully saturated rings. The van der Waals surface area contributed by atoms with Crippen molar-refractivity contribution in [3.63, 3.8) is 0 Å². The fraction of sp³-hybridized carbons (Fsp3) is 0.467. The highest BCUT2D eigenvalue weighted by Gasteiger charge is 2.36. The molecule has 0 heterocycles. The van der Waals surface area contributed by atoms with Gasteiger partial charge in [0.15, 0.2) is 0 Å². The summed E-state index contributed by atoms with van der Waals surface area (Å²) in [6, 6.07) is 11.3. The molecule has 0 aliphatic carbocycles. The predicted octanol–water partition coefficient (Wildman–Crippen LogP) is 3.61. The van der Waals surface area contributed by atoms with Crippen molar-refractivity contribution in [2.75, 3.05) is 21.3 Å². The zero-order valence-electron chi connectivity index (χ0n) is 12.1. The first-order chi connectivity index (χ1) is 9.21. The van der Waals surface area contributed by atoms with Gasteiger partial charge in [-0.05, 0) is 18.4 Å². The minimum absolute atomic E-state index is 0.374. The van der Waals surface area contributed by atoms with Crippen molar-refractivity contribution in [3.05, 3.63) is 48.6 Å². The second kappa shape index (κ2) is 8.27. The minimum Gasteiger partial charge on any atom is -0.377 e. The van der Waals surface area contributed by atoms with Crippen LogP contribution in [-0.4, -0.2) is 30.1 Å². The van der Waals surface area contributed by atoms with E-state index in [0.29, 0.717) is 5.92 Å². The average molecular weight is 280 g/mol. The highest BCUT2D eigenvalue weighted by molar-refractivity contribution is 6.60. The largest absolute Gasteiger partial charge is 0.500 e. The van der Waals surface area contributed by atoms with Crippen molar-refractivity contribution in [1.82, 2.24) is 0 Å². The summed E-state index contributed by atoms with van der Waals surface area (Å²) < 4.78 is 16.3. The predicted molar refractivity (Wildman–Crippen MR) is 80.2 cm³/mol. The fourth-order valence-electron chi connectivity index (χ4n) is 2.22. The smallest absolute Gasteiger partial charge is 0.377 e. The van der Waals surface area contributed by atoms with Crippen molar-refractivity contribution in [1.29, 1.82) is 0 Å². The zero-order chi connectivity index (χ0) is 14.1. The number of hydrogen-bond donors (Lipinski definition) is 0. The molecule has 1 aromatic rings. The summed E-state index contributed by atoms with van der Waals surface area (Å²) in [5, 5.41) is 0. The third kappa shape index (κ3) is 4.58. The van der Waals surface area contributed by atoms with Gasteiger partial charge in [0.2, 0.25) is 0 Å². The molecule has 1 aromatic carbocycles. The monoisotopic (exact) mass is 280 g/mol. The molecule has 0 aromatic heterocycles. The van der Waals surface area contributed by atoms with Crippen molar-refractivity contribution in [2.24, 2.45) is 0 Å². The van der Waals surface area contributed by atoms with Crippen molar-refractivity contribution in [3.8, 4) is 0 Å². The van der Waals surface area contributed by atoms with E-state index in [1.54, 1.807) is 21.3 Å². The van der Waals surface area contributed by atoms with Gasteiger partial charge in [0.1, 0.15) is 0 Å². The molecular weight excluding hydrogens is 256 g/mol. The summed E-state index contributed by atoms with van der Waals surface area (Å²) in [5.41, 5.74) is 1.30. The van der Waals surface area contributed by atoms with Gasteiger partial charge in [0.25, 0.3) is 0 Å². The Morgan fingerprint density at radius 3 is 2.16 bits per heavy atom. The molecule has 0 amide bonds. The average Bonchev–Trinajstić information content (AvgIpc) is 2.49. The Labute approximate surface area is 117 Å². The van der Waals surface area contributed by atoms with Gasteiger partial charge < -0.3 is 13.3 Å². The van der Waals surface area contributed by atoms with Crippen LogP contribution < -0.4 is 0 Å². The maximum atomic E-state index is 5.43. The number of hydrogen-bond acceptors (Lipinski definition) is 3. The second-order valence-corrected chi connectivity index (χ2v) is 7.53. The molecule has 0 N–H and O–H groups in total. The first-order valence-corrected chi connectivity index (χ1v) is 8.47. The van der Waals surface area contributed by atoms with Gasteiger partial charge in [-0.3, -0.25) is 0 Å². The van der Waals surface area contributed by atoms with Gasteiger partial charge in [0.05, 0.1) is 0 Å². The van der Waals surface area contributed by atoms with Gasteiger partial charge in [-0.2, -0.15) is 0 Å². The summed E-state index contributed by atoms with van der Waals surface area (Å²) >= 11 is 0. The van der Waals surface area contributed by atoms with E-state index in [1.165, 1.54) is 5.56 Å². The number of benzene rings is 1. The molecule has 19 heavy (non-hydrogen) atoms. The van der Waals surface area contributed by atoms with Crippen LogP contribution in [0.2, 0.25) is 6.04 Å². The molecule has 4 heteroatoms. The van der Waals surface area contributed by atoms with Crippen LogP contribution in [0.5, 0.6) is 0 Å². The van der Waals surface area contributed by atoms with Gasteiger partial charge in [-0.15, -0.1) is 6.58 Å². The molecule has 1 unspecified atom stereocenters. The fourth-order valence-corrected chi connectivity index (χ4v) is 3.97. The lowest BCUT2D eigenvalue weighted by atomic mass is 9.95. The maximum Gasteiger partial charge on any atom is 0.500 e. The summed E-state index contributed by atoms with van der Waals surface area (Å²) in [6.07, 6.45) is 4.02. The Kier molecular flexibility index (Phi) is 7.01. The van der Waals surface area contributed by atoms with Crippen LogP contribution in [0.4, 0.5) is 0 Å². The lowest BCUT2D eigenvalue weighted by Gasteiger charge is -2.24. The maximum absolute atomic E-state index is 5.43. The topological polar surface area (TPSA) is 27.7 Å². The molecule has 0 saturated carbocycles. The van der Waals surface area contributed by atoms with Gasteiger partial charge in [0, 0.05) is 33.3 Å². The Morgan fingerprint density at radius 1 is 1.11 bits per heavy atom. The van der Waals surface area contributed by atoms with Crippen LogP contribution in [0.1, 0.15) is 24.3 Å². The third-order valence-corrected chi connectivity index (χ3v) is 6.28. The minimum atomic E-state index is -2.43. The standard InChI is InChI=1S/C15H24O3Si/c1-5-14(15-10-7-6-8-11-15)12-9-13-19(16-2,17-3)18-4/h5-8,10-11,14H,1,9,12-13H2,2-4H3. The van der Waals surface area contributed by atoms with E-state index in [2.05, 4.69) is 30.8 Å². The zero-order valence-corrected chi connectivity index (χ0v) is 13.1. The van der Waals surface area contributed by atoms with Crippen LogP contribution in [0, 0.1) is 0 Å². The van der Waals surface area contributed by atoms with E-state index in [1.807, 2.05) is 12.1 Å². The van der Waals surface area contributed by atoms with Crippen molar-refractivity contribution < 1.29 is 13.3 Å².